The van der Waals surface area contributed by atoms with Gasteiger partial charge in [0.25, 0.3) is 0 Å². The van der Waals surface area contributed by atoms with Gasteiger partial charge >= 0.3 is 0 Å². The second-order valence-corrected chi connectivity index (χ2v) is 7.79. The summed E-state index contributed by atoms with van der Waals surface area (Å²) in [5.41, 5.74) is 0. The molecule has 2 N–H and O–H groups in total. The first-order chi connectivity index (χ1) is 12.7. The van der Waals surface area contributed by atoms with Crippen LogP contribution in [-0.2, 0) is 13.0 Å². The van der Waals surface area contributed by atoms with Crippen LogP contribution in [0.25, 0.3) is 0 Å². The minimum absolute atomic E-state index is 0.233. The van der Waals surface area contributed by atoms with Gasteiger partial charge in [0.2, 0.25) is 0 Å². The Kier molecular flexibility index (Phi) is 6.68. The van der Waals surface area contributed by atoms with E-state index in [-0.39, 0.29) is 6.04 Å². The number of thiazole rings is 1. The Balaban J connectivity index is 1.57. The maximum atomic E-state index is 5.92. The highest BCUT2D eigenvalue weighted by molar-refractivity contribution is 7.11. The second-order valence-electron chi connectivity index (χ2n) is 6.59. The van der Waals surface area contributed by atoms with E-state index in [4.69, 9.17) is 4.42 Å². The number of aromatic nitrogens is 1. The molecule has 0 saturated carbocycles. The van der Waals surface area contributed by atoms with Crippen LogP contribution < -0.4 is 10.6 Å². The highest BCUT2D eigenvalue weighted by Gasteiger charge is 2.26. The van der Waals surface area contributed by atoms with E-state index < -0.39 is 0 Å². The third-order valence-corrected chi connectivity index (χ3v) is 5.86. The van der Waals surface area contributed by atoms with Gasteiger partial charge in [0, 0.05) is 24.7 Å². The molecule has 1 aliphatic rings. The Morgan fingerprint density at radius 3 is 2.77 bits per heavy atom. The molecule has 0 aromatic carbocycles. The van der Waals surface area contributed by atoms with Crippen LogP contribution in [0.2, 0.25) is 0 Å². The van der Waals surface area contributed by atoms with Crippen molar-refractivity contribution in [2.75, 3.05) is 26.7 Å². The van der Waals surface area contributed by atoms with E-state index >= 15 is 0 Å². The van der Waals surface area contributed by atoms with Crippen LogP contribution in [0.3, 0.4) is 0 Å². The van der Waals surface area contributed by atoms with Gasteiger partial charge in [-0.2, -0.15) is 0 Å². The minimum atomic E-state index is 0.233. The molecular weight excluding hydrogens is 346 g/mol. The van der Waals surface area contributed by atoms with Gasteiger partial charge in [-0.1, -0.05) is 6.92 Å². The molecule has 7 heteroatoms. The van der Waals surface area contributed by atoms with Crippen LogP contribution >= 0.6 is 11.3 Å². The van der Waals surface area contributed by atoms with Gasteiger partial charge in [-0.05, 0) is 51.4 Å². The Bertz CT molecular complexity index is 717. The van der Waals surface area contributed by atoms with Crippen LogP contribution in [0.15, 0.2) is 27.7 Å². The van der Waals surface area contributed by atoms with Crippen molar-refractivity contribution in [2.45, 2.75) is 45.7 Å². The molecule has 6 nitrogen and oxygen atoms in total. The largest absolute Gasteiger partial charge is 0.465 e. The predicted molar refractivity (Wildman–Crippen MR) is 107 cm³/mol. The van der Waals surface area contributed by atoms with Crippen LogP contribution in [-0.4, -0.2) is 42.5 Å². The number of guanidine groups is 1. The van der Waals surface area contributed by atoms with Gasteiger partial charge in [0.05, 0.1) is 12.6 Å². The molecule has 0 bridgehead atoms. The number of aliphatic imine (C=N–C) groups is 1. The van der Waals surface area contributed by atoms with Crippen molar-refractivity contribution in [2.24, 2.45) is 4.99 Å². The summed E-state index contributed by atoms with van der Waals surface area (Å²) in [7, 11) is 1.80. The maximum Gasteiger partial charge on any atom is 0.191 e. The third-order valence-electron chi connectivity index (χ3n) is 4.71. The molecule has 0 spiro atoms. The molecule has 0 radical (unpaired) electrons. The fraction of sp³-hybridized carbons (Fsp3) is 0.579. The normalized spacial score (nSPS) is 16.8. The highest BCUT2D eigenvalue weighted by atomic mass is 32.1. The molecule has 0 amide bonds. The monoisotopic (exact) mass is 375 g/mol. The number of nitrogens with one attached hydrogen (secondary N) is 2. The zero-order valence-electron chi connectivity index (χ0n) is 15.9. The van der Waals surface area contributed by atoms with Crippen LogP contribution in [0.4, 0.5) is 0 Å². The number of hydrogen-bond donors (Lipinski definition) is 2. The third kappa shape index (κ3) is 4.86. The van der Waals surface area contributed by atoms with E-state index in [1.807, 2.05) is 19.2 Å². The first-order valence-corrected chi connectivity index (χ1v) is 10.2. The summed E-state index contributed by atoms with van der Waals surface area (Å²) in [6.45, 7) is 7.86. The Morgan fingerprint density at radius 1 is 1.35 bits per heavy atom. The molecule has 0 aliphatic carbocycles. The van der Waals surface area contributed by atoms with E-state index in [9.17, 15) is 0 Å². The lowest BCUT2D eigenvalue weighted by molar-refractivity contribution is 0.213. The molecule has 2 aromatic rings. The predicted octanol–water partition coefficient (Wildman–Crippen LogP) is 3.11. The number of furan rings is 1. The van der Waals surface area contributed by atoms with Crippen molar-refractivity contribution in [3.63, 3.8) is 0 Å². The molecule has 3 rings (SSSR count). The van der Waals surface area contributed by atoms with E-state index in [2.05, 4.69) is 38.5 Å². The molecule has 2 aromatic heterocycles. The first kappa shape index (κ1) is 18.9. The fourth-order valence-electron chi connectivity index (χ4n) is 3.26. The molecule has 1 atom stereocenters. The smallest absolute Gasteiger partial charge is 0.191 e. The van der Waals surface area contributed by atoms with Crippen molar-refractivity contribution in [1.29, 1.82) is 0 Å². The standard InChI is InChI=1S/C19H29N5OS/c1-4-15-11-21-18(26-15)13-23-19(20-3)22-12-16(24-9-5-6-10-24)17-8-7-14(2)25-17/h7-8,11,16H,4-6,9-10,12-13H2,1-3H3,(H2,20,22,23). The lowest BCUT2D eigenvalue weighted by Gasteiger charge is -2.26. The van der Waals surface area contributed by atoms with Crippen molar-refractivity contribution in [3.8, 4) is 0 Å². The average Bonchev–Trinajstić information content (AvgIpc) is 3.40. The SMILES string of the molecule is CCc1cnc(CNC(=NC)NCC(c2ccc(C)o2)N2CCCC2)s1. The van der Waals surface area contributed by atoms with Crippen molar-refractivity contribution in [3.05, 3.63) is 39.7 Å². The van der Waals surface area contributed by atoms with Gasteiger partial charge in [-0.15, -0.1) is 11.3 Å². The summed E-state index contributed by atoms with van der Waals surface area (Å²) < 4.78 is 5.92. The molecule has 1 unspecified atom stereocenters. The Morgan fingerprint density at radius 2 is 2.15 bits per heavy atom. The lowest BCUT2D eigenvalue weighted by Crippen LogP contribution is -2.42. The number of aryl methyl sites for hydroxylation is 2. The summed E-state index contributed by atoms with van der Waals surface area (Å²) in [6.07, 6.45) is 5.51. The molecule has 26 heavy (non-hydrogen) atoms. The van der Waals surface area contributed by atoms with Gasteiger partial charge in [-0.3, -0.25) is 9.89 Å². The average molecular weight is 376 g/mol. The molecule has 142 valence electrons. The van der Waals surface area contributed by atoms with Gasteiger partial charge in [-0.25, -0.2) is 4.98 Å². The summed E-state index contributed by atoms with van der Waals surface area (Å²) in [4.78, 5) is 12.6. The quantitative estimate of drug-likeness (QED) is 0.575. The summed E-state index contributed by atoms with van der Waals surface area (Å²) in [5.74, 6) is 2.78. The van der Waals surface area contributed by atoms with Gasteiger partial charge < -0.3 is 15.1 Å². The highest BCUT2D eigenvalue weighted by Crippen LogP contribution is 2.26. The van der Waals surface area contributed by atoms with E-state index in [1.54, 1.807) is 18.4 Å². The van der Waals surface area contributed by atoms with Crippen LogP contribution in [0.5, 0.6) is 0 Å². The number of nitrogens with zero attached hydrogens (tertiary/aromatic N) is 3. The Labute approximate surface area is 159 Å². The first-order valence-electron chi connectivity index (χ1n) is 9.38. The topological polar surface area (TPSA) is 65.7 Å². The van der Waals surface area contributed by atoms with Crippen molar-refractivity contribution in [1.82, 2.24) is 20.5 Å². The number of likely N-dealkylation sites (tertiary alicyclic amines) is 1. The summed E-state index contributed by atoms with van der Waals surface area (Å²) in [6, 6.07) is 4.37. The molecule has 1 fully saturated rings. The molecular formula is C19H29N5OS. The van der Waals surface area contributed by atoms with Crippen LogP contribution in [0, 0.1) is 6.92 Å². The summed E-state index contributed by atoms with van der Waals surface area (Å²) >= 11 is 1.75. The maximum absolute atomic E-state index is 5.92. The van der Waals surface area contributed by atoms with Gasteiger partial charge in [0.1, 0.15) is 16.5 Å². The lowest BCUT2D eigenvalue weighted by atomic mass is 10.2. The van der Waals surface area contributed by atoms with Gasteiger partial charge in [0.15, 0.2) is 5.96 Å². The number of hydrogen-bond acceptors (Lipinski definition) is 5. The molecule has 3 heterocycles. The van der Waals surface area contributed by atoms with Crippen LogP contribution in [0.1, 0.15) is 47.2 Å². The summed E-state index contributed by atoms with van der Waals surface area (Å²) in [5, 5.41) is 7.91. The van der Waals surface area contributed by atoms with E-state index in [0.29, 0.717) is 6.54 Å². The molecule has 1 aliphatic heterocycles. The van der Waals surface area contributed by atoms with Crippen molar-refractivity contribution < 1.29 is 4.42 Å². The zero-order chi connectivity index (χ0) is 18.4. The number of rotatable bonds is 7. The minimum Gasteiger partial charge on any atom is -0.465 e. The molecule has 1 saturated heterocycles. The second kappa shape index (κ2) is 9.19. The fourth-order valence-corrected chi connectivity index (χ4v) is 4.06. The zero-order valence-corrected chi connectivity index (χ0v) is 16.7. The Hall–Kier alpha value is -1.86. The van der Waals surface area contributed by atoms with Crippen molar-refractivity contribution >= 4 is 17.3 Å². The van der Waals surface area contributed by atoms with E-state index in [1.165, 1.54) is 17.7 Å². The van der Waals surface area contributed by atoms with E-state index in [0.717, 1.165) is 48.5 Å².